The number of halogens is 1. The summed E-state index contributed by atoms with van der Waals surface area (Å²) in [6.07, 6.45) is 15.0. The number of rotatable bonds is 4. The van der Waals surface area contributed by atoms with E-state index in [1.807, 2.05) is 19.1 Å². The summed E-state index contributed by atoms with van der Waals surface area (Å²) in [7, 11) is 0. The quantitative estimate of drug-likeness (QED) is 0.461. The summed E-state index contributed by atoms with van der Waals surface area (Å²) in [5.41, 5.74) is 7.53. The lowest BCUT2D eigenvalue weighted by atomic mass is 9.92. The van der Waals surface area contributed by atoms with Crippen molar-refractivity contribution < 1.29 is 0 Å². The Kier molecular flexibility index (Phi) is 6.33. The third-order valence-electron chi connectivity index (χ3n) is 5.02. The molecule has 0 fully saturated rings. The molecule has 0 amide bonds. The maximum absolute atomic E-state index is 4.32. The van der Waals surface area contributed by atoms with Crippen molar-refractivity contribution in [3.63, 3.8) is 0 Å². The van der Waals surface area contributed by atoms with Crippen molar-refractivity contribution in [1.29, 1.82) is 0 Å². The molecule has 0 N–H and O–H groups in total. The van der Waals surface area contributed by atoms with E-state index in [0.29, 0.717) is 0 Å². The Labute approximate surface area is 176 Å². The van der Waals surface area contributed by atoms with Crippen LogP contribution in [-0.2, 0) is 6.42 Å². The Balaban J connectivity index is 2.08. The minimum absolute atomic E-state index is 1.02. The Morgan fingerprint density at radius 3 is 2.63 bits per heavy atom. The van der Waals surface area contributed by atoms with Gasteiger partial charge in [-0.1, -0.05) is 67.8 Å². The molecule has 0 heterocycles. The molecule has 0 unspecified atom stereocenters. The van der Waals surface area contributed by atoms with Crippen LogP contribution in [0.15, 0.2) is 52.6 Å². The monoisotopic (exact) mass is 464 g/mol. The molecule has 0 bridgehead atoms. The van der Waals surface area contributed by atoms with E-state index in [1.54, 1.807) is 0 Å². The lowest BCUT2D eigenvalue weighted by molar-refractivity contribution is 0.979. The second-order valence-electron chi connectivity index (χ2n) is 6.73. The van der Waals surface area contributed by atoms with Crippen LogP contribution in [0.1, 0.15) is 48.1 Å². The minimum Gasteiger partial charge on any atom is -0.0984 e. The van der Waals surface area contributed by atoms with E-state index in [4.69, 9.17) is 0 Å². The van der Waals surface area contributed by atoms with Gasteiger partial charge in [0.1, 0.15) is 0 Å². The molecule has 1 aliphatic carbocycles. The second kappa shape index (κ2) is 8.71. The number of hydrogen-bond acceptors (Lipinski definition) is 0. The molecule has 136 valence electrons. The SMILES string of the molecule is C=Cc1c(/C=C\C)cc/c(=C/C(=C\C)c2ccc3c(c2)CCC(I)=C3)c1=C. The molecular weight excluding hydrogens is 439 g/mol. The fourth-order valence-electron chi connectivity index (χ4n) is 3.54. The molecule has 0 nitrogen and oxygen atoms in total. The van der Waals surface area contributed by atoms with Crippen molar-refractivity contribution in [2.75, 3.05) is 0 Å². The van der Waals surface area contributed by atoms with Crippen LogP contribution in [0, 0.1) is 0 Å². The predicted octanol–water partition coefficient (Wildman–Crippen LogP) is 6.38. The van der Waals surface area contributed by atoms with Crippen molar-refractivity contribution in [3.05, 3.63) is 90.9 Å². The predicted molar refractivity (Wildman–Crippen MR) is 131 cm³/mol. The molecule has 2 aromatic rings. The van der Waals surface area contributed by atoms with Crippen molar-refractivity contribution in [2.45, 2.75) is 26.7 Å². The van der Waals surface area contributed by atoms with Crippen LogP contribution >= 0.6 is 22.6 Å². The van der Waals surface area contributed by atoms with E-state index in [-0.39, 0.29) is 0 Å². The molecule has 1 aliphatic rings. The minimum atomic E-state index is 1.02. The Morgan fingerprint density at radius 1 is 1.11 bits per heavy atom. The number of fused-ring (bicyclic) bond motifs is 1. The molecule has 0 saturated carbocycles. The van der Waals surface area contributed by atoms with E-state index in [1.165, 1.54) is 25.8 Å². The topological polar surface area (TPSA) is 0 Å². The van der Waals surface area contributed by atoms with Crippen LogP contribution in [0.5, 0.6) is 0 Å². The average Bonchev–Trinajstić information content (AvgIpc) is 2.67. The normalized spacial score (nSPS) is 15.0. The highest BCUT2D eigenvalue weighted by Gasteiger charge is 2.10. The van der Waals surface area contributed by atoms with Crippen molar-refractivity contribution >= 4 is 59.0 Å². The van der Waals surface area contributed by atoms with Crippen LogP contribution in [0.25, 0.3) is 36.5 Å². The Morgan fingerprint density at radius 2 is 1.93 bits per heavy atom. The summed E-state index contributed by atoms with van der Waals surface area (Å²) in [4.78, 5) is 0. The number of hydrogen-bond donors (Lipinski definition) is 0. The molecule has 0 aliphatic heterocycles. The van der Waals surface area contributed by atoms with Crippen molar-refractivity contribution in [2.24, 2.45) is 0 Å². The summed E-state index contributed by atoms with van der Waals surface area (Å²) < 4.78 is 1.44. The zero-order valence-corrected chi connectivity index (χ0v) is 18.2. The van der Waals surface area contributed by atoms with Gasteiger partial charge in [-0.15, -0.1) is 0 Å². The van der Waals surface area contributed by atoms with Crippen molar-refractivity contribution in [1.82, 2.24) is 0 Å². The van der Waals surface area contributed by atoms with Gasteiger partial charge in [-0.05, 0) is 109 Å². The summed E-state index contributed by atoms with van der Waals surface area (Å²) in [5.74, 6) is 0. The second-order valence-corrected chi connectivity index (χ2v) is 8.12. The zero-order chi connectivity index (χ0) is 19.4. The molecule has 0 aromatic heterocycles. The van der Waals surface area contributed by atoms with Crippen LogP contribution in [0.4, 0.5) is 0 Å². The molecule has 0 saturated heterocycles. The Hall–Kier alpha value is -2.13. The average molecular weight is 464 g/mol. The number of allylic oxidation sites excluding steroid dienone is 4. The molecule has 0 atom stereocenters. The van der Waals surface area contributed by atoms with Gasteiger partial charge in [-0.3, -0.25) is 0 Å². The molecule has 0 spiro atoms. The van der Waals surface area contributed by atoms with Gasteiger partial charge >= 0.3 is 0 Å². The van der Waals surface area contributed by atoms with Gasteiger partial charge in [-0.25, -0.2) is 0 Å². The highest BCUT2D eigenvalue weighted by atomic mass is 127. The van der Waals surface area contributed by atoms with Crippen LogP contribution in [-0.4, -0.2) is 0 Å². The fourth-order valence-corrected chi connectivity index (χ4v) is 4.14. The van der Waals surface area contributed by atoms with E-state index < -0.39 is 0 Å². The van der Waals surface area contributed by atoms with E-state index in [0.717, 1.165) is 34.4 Å². The molecule has 2 aromatic carbocycles. The summed E-state index contributed by atoms with van der Waals surface area (Å²) in [6.45, 7) is 12.4. The van der Waals surface area contributed by atoms with Gasteiger partial charge in [0.2, 0.25) is 0 Å². The molecule has 1 heteroatoms. The highest BCUT2D eigenvalue weighted by Crippen LogP contribution is 2.30. The fraction of sp³-hybridized carbons (Fsp3) is 0.154. The Bertz CT molecular complexity index is 1080. The first-order valence-corrected chi connectivity index (χ1v) is 10.4. The van der Waals surface area contributed by atoms with Gasteiger partial charge in [0.05, 0.1) is 0 Å². The lowest BCUT2D eigenvalue weighted by Gasteiger charge is -2.15. The molecule has 27 heavy (non-hydrogen) atoms. The van der Waals surface area contributed by atoms with E-state index in [2.05, 4.69) is 97.3 Å². The first-order valence-electron chi connectivity index (χ1n) is 9.32. The maximum Gasteiger partial charge on any atom is -0.00847 e. The molecular formula is C26H25I. The molecule has 0 radical (unpaired) electrons. The third kappa shape index (κ3) is 4.24. The van der Waals surface area contributed by atoms with Gasteiger partial charge in [0, 0.05) is 0 Å². The van der Waals surface area contributed by atoms with Gasteiger partial charge in [-0.2, -0.15) is 0 Å². The summed E-state index contributed by atoms with van der Waals surface area (Å²) in [5, 5.41) is 2.16. The number of benzene rings is 2. The standard InChI is InChI=1S/C26H25I/c1-5-8-20-9-10-21(18(4)26(20)7-3)15-19(6-2)22-11-12-24-17-25(27)14-13-23(24)16-22/h5-12,15-17H,3-4,13-14H2,1-2H3/b8-5-,19-6+,21-15-. The summed E-state index contributed by atoms with van der Waals surface area (Å²) >= 11 is 2.44. The third-order valence-corrected chi connectivity index (χ3v) is 5.87. The van der Waals surface area contributed by atoms with Gasteiger partial charge in [0.25, 0.3) is 0 Å². The first-order chi connectivity index (χ1) is 13.1. The summed E-state index contributed by atoms with van der Waals surface area (Å²) in [6, 6.07) is 11.1. The highest BCUT2D eigenvalue weighted by molar-refractivity contribution is 14.1. The first kappa shape index (κ1) is 19.6. The van der Waals surface area contributed by atoms with Crippen LogP contribution in [0.3, 0.4) is 0 Å². The van der Waals surface area contributed by atoms with Crippen molar-refractivity contribution in [3.8, 4) is 0 Å². The lowest BCUT2D eigenvalue weighted by Crippen LogP contribution is -2.26. The zero-order valence-electron chi connectivity index (χ0n) is 16.1. The van der Waals surface area contributed by atoms with Gasteiger partial charge in [0.15, 0.2) is 0 Å². The van der Waals surface area contributed by atoms with E-state index in [9.17, 15) is 0 Å². The van der Waals surface area contributed by atoms with E-state index >= 15 is 0 Å². The molecule has 3 rings (SSSR count). The van der Waals surface area contributed by atoms with Crippen LogP contribution < -0.4 is 10.4 Å². The number of aryl methyl sites for hydroxylation is 1. The maximum atomic E-state index is 4.32. The smallest absolute Gasteiger partial charge is 0.00847 e. The largest absolute Gasteiger partial charge is 0.0984 e. The van der Waals surface area contributed by atoms with Crippen LogP contribution in [0.2, 0.25) is 0 Å². The van der Waals surface area contributed by atoms with Gasteiger partial charge < -0.3 is 0 Å².